The number of rotatable bonds is 3. The highest BCUT2D eigenvalue weighted by molar-refractivity contribution is 5.79. The molecule has 1 saturated carbocycles. The van der Waals surface area contributed by atoms with Crippen LogP contribution in [-0.2, 0) is 16.0 Å². The lowest BCUT2D eigenvalue weighted by molar-refractivity contribution is -0.125. The van der Waals surface area contributed by atoms with Crippen molar-refractivity contribution in [3.05, 3.63) is 35.4 Å². The summed E-state index contributed by atoms with van der Waals surface area (Å²) in [5, 5.41) is 3.01. The zero-order valence-corrected chi connectivity index (χ0v) is 11.1. The normalized spacial score (nSPS) is 32.5. The Bertz CT molecular complexity index is 472. The number of hydrogen-bond donors (Lipinski definition) is 2. The standard InChI is InChI=1S/C15H20N2O2/c1-9-2-4-10(5-3-9)8-12(18)17-14-13(16)11-6-7-19-15(11)14/h2-5,11,13-15H,6-8,16H2,1H3,(H,17,18). The van der Waals surface area contributed by atoms with E-state index >= 15 is 0 Å². The molecule has 1 aliphatic carbocycles. The lowest BCUT2D eigenvalue weighted by Crippen LogP contribution is -2.69. The highest BCUT2D eigenvalue weighted by Gasteiger charge is 2.52. The van der Waals surface area contributed by atoms with Gasteiger partial charge in [-0.05, 0) is 18.9 Å². The second kappa shape index (κ2) is 4.94. The second-order valence-electron chi connectivity index (χ2n) is 5.62. The van der Waals surface area contributed by atoms with Gasteiger partial charge >= 0.3 is 0 Å². The van der Waals surface area contributed by atoms with Crippen molar-refractivity contribution in [2.75, 3.05) is 6.61 Å². The predicted molar refractivity (Wildman–Crippen MR) is 72.6 cm³/mol. The SMILES string of the molecule is Cc1ccc(CC(=O)NC2C(N)C3CCOC32)cc1. The molecule has 4 nitrogen and oxygen atoms in total. The molecule has 1 amide bonds. The molecule has 3 rings (SSSR count). The Labute approximate surface area is 113 Å². The van der Waals surface area contributed by atoms with Gasteiger partial charge in [-0.3, -0.25) is 4.79 Å². The van der Waals surface area contributed by atoms with Crippen LogP contribution < -0.4 is 11.1 Å². The quantitative estimate of drug-likeness (QED) is 0.843. The summed E-state index contributed by atoms with van der Waals surface area (Å²) in [6.45, 7) is 2.81. The molecule has 0 bridgehead atoms. The van der Waals surface area contributed by atoms with Gasteiger partial charge in [-0.25, -0.2) is 0 Å². The van der Waals surface area contributed by atoms with E-state index in [0.29, 0.717) is 12.3 Å². The molecular formula is C15H20N2O2. The van der Waals surface area contributed by atoms with Crippen LogP contribution in [0.25, 0.3) is 0 Å². The summed E-state index contributed by atoms with van der Waals surface area (Å²) in [6, 6.07) is 8.07. The molecule has 4 atom stereocenters. The zero-order chi connectivity index (χ0) is 13.4. The number of benzene rings is 1. The molecule has 2 aliphatic rings. The van der Waals surface area contributed by atoms with Crippen LogP contribution in [0.3, 0.4) is 0 Å². The first kappa shape index (κ1) is 12.6. The summed E-state index contributed by atoms with van der Waals surface area (Å²) in [5.74, 6) is 0.461. The molecule has 3 N–H and O–H groups in total. The summed E-state index contributed by atoms with van der Waals surface area (Å²) in [6.07, 6.45) is 1.56. The molecule has 102 valence electrons. The van der Waals surface area contributed by atoms with Crippen LogP contribution >= 0.6 is 0 Å². The highest BCUT2D eigenvalue weighted by atomic mass is 16.5. The van der Waals surface area contributed by atoms with Gasteiger partial charge in [0, 0.05) is 18.6 Å². The van der Waals surface area contributed by atoms with Crippen LogP contribution in [-0.4, -0.2) is 30.7 Å². The first-order chi connectivity index (χ1) is 9.15. The zero-order valence-electron chi connectivity index (χ0n) is 11.1. The summed E-state index contributed by atoms with van der Waals surface area (Å²) in [7, 11) is 0. The van der Waals surface area contributed by atoms with Crippen LogP contribution in [0.4, 0.5) is 0 Å². The first-order valence-electron chi connectivity index (χ1n) is 6.87. The Hall–Kier alpha value is -1.39. The van der Waals surface area contributed by atoms with Gasteiger partial charge in [0.2, 0.25) is 5.91 Å². The number of fused-ring (bicyclic) bond motifs is 1. The van der Waals surface area contributed by atoms with Gasteiger partial charge in [0.05, 0.1) is 18.6 Å². The Balaban J connectivity index is 1.55. The summed E-state index contributed by atoms with van der Waals surface area (Å²) >= 11 is 0. The maximum absolute atomic E-state index is 12.0. The molecule has 4 heteroatoms. The Morgan fingerprint density at radius 2 is 2.16 bits per heavy atom. The van der Waals surface area contributed by atoms with Crippen molar-refractivity contribution in [2.24, 2.45) is 11.7 Å². The van der Waals surface area contributed by atoms with Crippen molar-refractivity contribution in [1.29, 1.82) is 0 Å². The maximum Gasteiger partial charge on any atom is 0.224 e. The van der Waals surface area contributed by atoms with Gasteiger partial charge in [0.15, 0.2) is 0 Å². The van der Waals surface area contributed by atoms with Crippen LogP contribution in [0.15, 0.2) is 24.3 Å². The Kier molecular flexibility index (Phi) is 3.29. The van der Waals surface area contributed by atoms with Crippen molar-refractivity contribution < 1.29 is 9.53 Å². The molecule has 1 saturated heterocycles. The fourth-order valence-electron chi connectivity index (χ4n) is 3.06. The van der Waals surface area contributed by atoms with Crippen LogP contribution in [0.1, 0.15) is 17.5 Å². The van der Waals surface area contributed by atoms with E-state index in [9.17, 15) is 4.79 Å². The van der Waals surface area contributed by atoms with Crippen molar-refractivity contribution in [1.82, 2.24) is 5.32 Å². The number of amides is 1. The van der Waals surface area contributed by atoms with Gasteiger partial charge in [-0.15, -0.1) is 0 Å². The van der Waals surface area contributed by atoms with Crippen LogP contribution in [0.5, 0.6) is 0 Å². The topological polar surface area (TPSA) is 64.4 Å². The van der Waals surface area contributed by atoms with E-state index in [-0.39, 0.29) is 24.1 Å². The lowest BCUT2D eigenvalue weighted by atomic mass is 9.72. The van der Waals surface area contributed by atoms with E-state index in [2.05, 4.69) is 5.32 Å². The molecule has 0 spiro atoms. The second-order valence-corrected chi connectivity index (χ2v) is 5.62. The summed E-state index contributed by atoms with van der Waals surface area (Å²) < 4.78 is 5.61. The number of carbonyl (C=O) groups excluding carboxylic acids is 1. The predicted octanol–water partition coefficient (Wildman–Crippen LogP) is 0.768. The average Bonchev–Trinajstić information content (AvgIpc) is 2.83. The number of nitrogens with one attached hydrogen (secondary N) is 1. The third-order valence-corrected chi connectivity index (χ3v) is 4.26. The fourth-order valence-corrected chi connectivity index (χ4v) is 3.06. The highest BCUT2D eigenvalue weighted by Crippen LogP contribution is 2.37. The minimum absolute atomic E-state index is 0.00884. The average molecular weight is 260 g/mol. The van der Waals surface area contributed by atoms with Gasteiger partial charge in [-0.2, -0.15) is 0 Å². The van der Waals surface area contributed by atoms with Gasteiger partial charge in [0.1, 0.15) is 0 Å². The van der Waals surface area contributed by atoms with Gasteiger partial charge in [0.25, 0.3) is 0 Å². The fraction of sp³-hybridized carbons (Fsp3) is 0.533. The van der Waals surface area contributed by atoms with E-state index < -0.39 is 0 Å². The van der Waals surface area contributed by atoms with E-state index in [0.717, 1.165) is 18.6 Å². The first-order valence-corrected chi connectivity index (χ1v) is 6.87. The van der Waals surface area contributed by atoms with Crippen LogP contribution in [0.2, 0.25) is 0 Å². The van der Waals surface area contributed by atoms with E-state index in [1.165, 1.54) is 5.56 Å². The number of carbonyl (C=O) groups is 1. The minimum atomic E-state index is -0.00884. The minimum Gasteiger partial charge on any atom is -0.376 e. The van der Waals surface area contributed by atoms with Crippen molar-refractivity contribution in [3.8, 4) is 0 Å². The van der Waals surface area contributed by atoms with Crippen molar-refractivity contribution in [2.45, 2.75) is 38.0 Å². The van der Waals surface area contributed by atoms with Crippen molar-refractivity contribution >= 4 is 5.91 Å². The monoisotopic (exact) mass is 260 g/mol. The molecule has 1 aromatic rings. The molecule has 1 aromatic carbocycles. The Morgan fingerprint density at radius 1 is 1.42 bits per heavy atom. The third kappa shape index (κ3) is 2.38. The number of nitrogens with two attached hydrogens (primary N) is 1. The molecule has 2 fully saturated rings. The molecule has 4 unspecified atom stereocenters. The van der Waals surface area contributed by atoms with Gasteiger partial charge in [-0.1, -0.05) is 29.8 Å². The molecular weight excluding hydrogens is 240 g/mol. The molecule has 1 heterocycles. The molecule has 1 aliphatic heterocycles. The van der Waals surface area contributed by atoms with Crippen molar-refractivity contribution in [3.63, 3.8) is 0 Å². The van der Waals surface area contributed by atoms with E-state index in [1.807, 2.05) is 31.2 Å². The molecule has 19 heavy (non-hydrogen) atoms. The summed E-state index contributed by atoms with van der Waals surface area (Å²) in [5.41, 5.74) is 8.30. The molecule has 0 radical (unpaired) electrons. The number of aryl methyl sites for hydroxylation is 1. The third-order valence-electron chi connectivity index (χ3n) is 4.26. The summed E-state index contributed by atoms with van der Waals surface area (Å²) in [4.78, 5) is 12.0. The van der Waals surface area contributed by atoms with E-state index in [1.54, 1.807) is 0 Å². The lowest BCUT2D eigenvalue weighted by Gasteiger charge is -2.45. The van der Waals surface area contributed by atoms with Crippen LogP contribution in [0, 0.1) is 12.8 Å². The van der Waals surface area contributed by atoms with E-state index in [4.69, 9.17) is 10.5 Å². The van der Waals surface area contributed by atoms with Gasteiger partial charge < -0.3 is 15.8 Å². The number of hydrogen-bond acceptors (Lipinski definition) is 3. The largest absolute Gasteiger partial charge is 0.376 e. The number of ether oxygens (including phenoxy) is 1. The smallest absolute Gasteiger partial charge is 0.224 e. The molecule has 0 aromatic heterocycles. The Morgan fingerprint density at radius 3 is 2.89 bits per heavy atom. The maximum atomic E-state index is 12.0.